The molecule has 1 aliphatic rings. The van der Waals surface area contributed by atoms with Gasteiger partial charge in [-0.05, 0) is 61.4 Å². The Hall–Kier alpha value is -3.06. The van der Waals surface area contributed by atoms with Crippen LogP contribution in [-0.4, -0.2) is 35.4 Å². The second-order valence-electron chi connectivity index (χ2n) is 5.17. The Labute approximate surface area is 145 Å². The second-order valence-corrected chi connectivity index (χ2v) is 5.17. The number of aromatic carboxylic acids is 2. The smallest absolute Gasteiger partial charge is 0.335 e. The lowest BCUT2D eigenvalue weighted by molar-refractivity contribution is 0.0686. The minimum Gasteiger partial charge on any atom is -0.478 e. The van der Waals surface area contributed by atoms with Crippen LogP contribution in [0.1, 0.15) is 33.6 Å². The molecule has 1 aliphatic heterocycles. The Bertz CT molecular complexity index is 602. The summed E-state index contributed by atoms with van der Waals surface area (Å²) in [5.74, 6) is -1.86. The molecule has 0 aliphatic carbocycles. The molecule has 3 rings (SSSR count). The molecule has 0 spiro atoms. The van der Waals surface area contributed by atoms with Gasteiger partial charge in [0.1, 0.15) is 0 Å². The highest BCUT2D eigenvalue weighted by atomic mass is 16.5. The first-order valence-electron chi connectivity index (χ1n) is 7.65. The van der Waals surface area contributed by atoms with Crippen LogP contribution in [0, 0.1) is 0 Å². The maximum absolute atomic E-state index is 10.3. The third-order valence-electron chi connectivity index (χ3n) is 3.14. The minimum absolute atomic E-state index is 0.259. The molecule has 7 nitrogen and oxygen atoms in total. The van der Waals surface area contributed by atoms with Gasteiger partial charge >= 0.3 is 11.9 Å². The summed E-state index contributed by atoms with van der Waals surface area (Å²) in [6, 6.07) is 12.1. The van der Waals surface area contributed by atoms with Crippen LogP contribution < -0.4 is 11.5 Å². The molecule has 0 bridgehead atoms. The SMILES string of the molecule is C1CCOC1.Nc1ccc(C(=O)O)cc1.Nc1ccc(C(=O)O)cc1. The molecule has 0 unspecified atom stereocenters. The van der Waals surface area contributed by atoms with Gasteiger partial charge in [0, 0.05) is 24.6 Å². The lowest BCUT2D eigenvalue weighted by atomic mass is 10.2. The number of hydrogen-bond donors (Lipinski definition) is 4. The molecule has 0 saturated carbocycles. The fourth-order valence-corrected chi connectivity index (χ4v) is 1.76. The molecule has 25 heavy (non-hydrogen) atoms. The number of benzene rings is 2. The van der Waals surface area contributed by atoms with E-state index in [1.54, 1.807) is 24.3 Å². The zero-order valence-corrected chi connectivity index (χ0v) is 13.7. The van der Waals surface area contributed by atoms with E-state index in [1.165, 1.54) is 37.1 Å². The van der Waals surface area contributed by atoms with Crippen LogP contribution in [-0.2, 0) is 4.74 Å². The molecule has 1 heterocycles. The zero-order chi connectivity index (χ0) is 18.7. The van der Waals surface area contributed by atoms with Gasteiger partial charge in [-0.1, -0.05) is 0 Å². The molecule has 1 fully saturated rings. The fourth-order valence-electron chi connectivity index (χ4n) is 1.76. The van der Waals surface area contributed by atoms with E-state index in [1.807, 2.05) is 0 Å². The van der Waals surface area contributed by atoms with Gasteiger partial charge in [-0.2, -0.15) is 0 Å². The van der Waals surface area contributed by atoms with Crippen molar-refractivity contribution in [1.82, 2.24) is 0 Å². The highest BCUT2D eigenvalue weighted by molar-refractivity contribution is 5.88. The Morgan fingerprint density at radius 1 is 0.720 bits per heavy atom. The molecular formula is C18H22N2O5. The van der Waals surface area contributed by atoms with E-state index in [9.17, 15) is 9.59 Å². The normalized spacial score (nSPS) is 12.2. The predicted molar refractivity (Wildman–Crippen MR) is 95.7 cm³/mol. The first-order chi connectivity index (χ1) is 11.9. The predicted octanol–water partition coefficient (Wildman–Crippen LogP) is 2.73. The quantitative estimate of drug-likeness (QED) is 0.614. The number of ether oxygens (including phenoxy) is 1. The summed E-state index contributed by atoms with van der Waals surface area (Å²) in [4.78, 5) is 20.5. The van der Waals surface area contributed by atoms with Crippen LogP contribution >= 0.6 is 0 Å². The van der Waals surface area contributed by atoms with Crippen molar-refractivity contribution in [2.45, 2.75) is 12.8 Å². The Balaban J connectivity index is 0.000000198. The van der Waals surface area contributed by atoms with Crippen LogP contribution in [0.5, 0.6) is 0 Å². The largest absolute Gasteiger partial charge is 0.478 e. The lowest BCUT2D eigenvalue weighted by Crippen LogP contribution is -1.95. The van der Waals surface area contributed by atoms with Crippen LogP contribution in [0.25, 0.3) is 0 Å². The van der Waals surface area contributed by atoms with Crippen LogP contribution in [0.15, 0.2) is 48.5 Å². The molecule has 2 aromatic rings. The minimum atomic E-state index is -0.931. The van der Waals surface area contributed by atoms with Crippen molar-refractivity contribution in [3.8, 4) is 0 Å². The molecule has 7 heteroatoms. The lowest BCUT2D eigenvalue weighted by Gasteiger charge is -1.93. The van der Waals surface area contributed by atoms with Crippen molar-refractivity contribution in [2.75, 3.05) is 24.7 Å². The molecule has 0 aromatic heterocycles. The summed E-state index contributed by atoms with van der Waals surface area (Å²) in [6.45, 7) is 2.00. The second kappa shape index (κ2) is 10.7. The van der Waals surface area contributed by atoms with E-state index < -0.39 is 11.9 Å². The van der Waals surface area contributed by atoms with Crippen molar-refractivity contribution >= 4 is 23.3 Å². The highest BCUT2D eigenvalue weighted by Crippen LogP contribution is 2.05. The van der Waals surface area contributed by atoms with Crippen LogP contribution in [0.2, 0.25) is 0 Å². The molecule has 0 radical (unpaired) electrons. The van der Waals surface area contributed by atoms with E-state index in [2.05, 4.69) is 0 Å². The van der Waals surface area contributed by atoms with Gasteiger partial charge in [0.15, 0.2) is 0 Å². The number of rotatable bonds is 2. The highest BCUT2D eigenvalue weighted by Gasteiger charge is 1.99. The molecule has 134 valence electrons. The van der Waals surface area contributed by atoms with E-state index in [0.29, 0.717) is 11.4 Å². The third kappa shape index (κ3) is 8.38. The van der Waals surface area contributed by atoms with Gasteiger partial charge in [-0.25, -0.2) is 9.59 Å². The van der Waals surface area contributed by atoms with E-state index in [-0.39, 0.29) is 11.1 Å². The number of carboxylic acid groups (broad SMARTS) is 2. The third-order valence-corrected chi connectivity index (χ3v) is 3.14. The van der Waals surface area contributed by atoms with Crippen molar-refractivity contribution < 1.29 is 24.5 Å². The molecule has 6 N–H and O–H groups in total. The number of nitrogen functional groups attached to an aromatic ring is 2. The van der Waals surface area contributed by atoms with Gasteiger partial charge in [0.2, 0.25) is 0 Å². The first kappa shape index (κ1) is 20.0. The van der Waals surface area contributed by atoms with E-state index in [0.717, 1.165) is 13.2 Å². The van der Waals surface area contributed by atoms with Crippen molar-refractivity contribution in [3.63, 3.8) is 0 Å². The molecular weight excluding hydrogens is 324 g/mol. The maximum Gasteiger partial charge on any atom is 0.335 e. The fraction of sp³-hybridized carbons (Fsp3) is 0.222. The van der Waals surface area contributed by atoms with Gasteiger partial charge in [-0.3, -0.25) is 0 Å². The average molecular weight is 346 g/mol. The summed E-state index contributed by atoms with van der Waals surface area (Å²) >= 11 is 0. The number of anilines is 2. The van der Waals surface area contributed by atoms with Crippen LogP contribution in [0.3, 0.4) is 0 Å². The first-order valence-corrected chi connectivity index (χ1v) is 7.65. The number of carboxylic acids is 2. The van der Waals surface area contributed by atoms with Crippen LogP contribution in [0.4, 0.5) is 11.4 Å². The number of carbonyl (C=O) groups is 2. The molecule has 0 atom stereocenters. The standard InChI is InChI=1S/2C7H7NO2.C4H8O/c2*8-6-3-1-5(2-4-6)7(9)10;1-2-4-5-3-1/h2*1-4H,8H2,(H,9,10);1-4H2. The molecule has 2 aromatic carbocycles. The van der Waals surface area contributed by atoms with Gasteiger partial charge in [0.25, 0.3) is 0 Å². The van der Waals surface area contributed by atoms with Crippen molar-refractivity contribution in [1.29, 1.82) is 0 Å². The monoisotopic (exact) mass is 346 g/mol. The summed E-state index contributed by atoms with van der Waals surface area (Å²) in [5.41, 5.74) is 12.3. The topological polar surface area (TPSA) is 136 Å². The van der Waals surface area contributed by atoms with Crippen molar-refractivity contribution in [3.05, 3.63) is 59.7 Å². The van der Waals surface area contributed by atoms with Gasteiger partial charge in [0.05, 0.1) is 11.1 Å². The Kier molecular flexibility index (Phi) is 8.53. The van der Waals surface area contributed by atoms with E-state index >= 15 is 0 Å². The Morgan fingerprint density at radius 2 is 1.04 bits per heavy atom. The Morgan fingerprint density at radius 3 is 1.24 bits per heavy atom. The summed E-state index contributed by atoms with van der Waals surface area (Å²) in [6.07, 6.45) is 2.56. The maximum atomic E-state index is 10.3. The molecule has 0 amide bonds. The molecule has 1 saturated heterocycles. The van der Waals surface area contributed by atoms with E-state index in [4.69, 9.17) is 26.4 Å². The van der Waals surface area contributed by atoms with Gasteiger partial charge < -0.3 is 26.4 Å². The van der Waals surface area contributed by atoms with Gasteiger partial charge in [-0.15, -0.1) is 0 Å². The summed E-state index contributed by atoms with van der Waals surface area (Å²) in [7, 11) is 0. The van der Waals surface area contributed by atoms with Crippen molar-refractivity contribution in [2.24, 2.45) is 0 Å². The summed E-state index contributed by atoms with van der Waals surface area (Å²) < 4.78 is 4.94. The number of nitrogens with two attached hydrogens (primary N) is 2. The summed E-state index contributed by atoms with van der Waals surface area (Å²) in [5, 5.41) is 16.9. The zero-order valence-electron chi connectivity index (χ0n) is 13.7. The average Bonchev–Trinajstić information content (AvgIpc) is 3.16. The number of hydrogen-bond acceptors (Lipinski definition) is 5.